The lowest BCUT2D eigenvalue weighted by Gasteiger charge is -2.19. The fourth-order valence-electron chi connectivity index (χ4n) is 2.77. The van der Waals surface area contributed by atoms with E-state index in [-0.39, 0.29) is 27.6 Å². The van der Waals surface area contributed by atoms with Crippen molar-refractivity contribution in [2.75, 3.05) is 7.11 Å². The second-order valence-corrected chi connectivity index (χ2v) is 8.98. The van der Waals surface area contributed by atoms with Crippen LogP contribution in [0.25, 0.3) is 0 Å². The van der Waals surface area contributed by atoms with Crippen molar-refractivity contribution >= 4 is 27.5 Å². The van der Waals surface area contributed by atoms with Gasteiger partial charge in [-0.25, -0.2) is 13.1 Å². The second-order valence-electron chi connectivity index (χ2n) is 6.86. The van der Waals surface area contributed by atoms with Gasteiger partial charge in [0.05, 0.1) is 28.6 Å². The summed E-state index contributed by atoms with van der Waals surface area (Å²) in [6.45, 7) is 7.21. The first-order valence-corrected chi connectivity index (χ1v) is 10.7. The first-order valence-electron chi connectivity index (χ1n) is 8.82. The average molecular weight is 425 g/mol. The van der Waals surface area contributed by atoms with E-state index in [1.54, 1.807) is 21.0 Å². The summed E-state index contributed by atoms with van der Waals surface area (Å²) in [6, 6.07) is 9.11. The molecular formula is C20H25ClN2O4S. The van der Waals surface area contributed by atoms with E-state index in [1.807, 2.05) is 32.0 Å². The summed E-state index contributed by atoms with van der Waals surface area (Å²) < 4.78 is 32.6. The van der Waals surface area contributed by atoms with Gasteiger partial charge >= 0.3 is 0 Å². The van der Waals surface area contributed by atoms with Gasteiger partial charge in [-0.3, -0.25) is 4.79 Å². The molecular weight excluding hydrogens is 400 g/mol. The van der Waals surface area contributed by atoms with Gasteiger partial charge in [0.2, 0.25) is 10.0 Å². The zero-order valence-corrected chi connectivity index (χ0v) is 18.1. The Labute approximate surface area is 171 Å². The molecule has 0 aliphatic rings. The summed E-state index contributed by atoms with van der Waals surface area (Å²) in [5, 5.41) is 3.03. The number of methoxy groups -OCH3 is 1. The van der Waals surface area contributed by atoms with Crippen LogP contribution in [0, 0.1) is 6.92 Å². The summed E-state index contributed by atoms with van der Waals surface area (Å²) in [5.74, 6) is 0.185. The van der Waals surface area contributed by atoms with Crippen LogP contribution in [0.4, 0.5) is 0 Å². The third-order valence-corrected chi connectivity index (χ3v) is 6.07. The fourth-order valence-corrected chi connectivity index (χ4v) is 4.25. The highest BCUT2D eigenvalue weighted by Crippen LogP contribution is 2.27. The average Bonchev–Trinajstić information content (AvgIpc) is 2.60. The van der Waals surface area contributed by atoms with E-state index in [0.29, 0.717) is 5.75 Å². The topological polar surface area (TPSA) is 84.5 Å². The Morgan fingerprint density at radius 1 is 1.11 bits per heavy atom. The molecule has 0 unspecified atom stereocenters. The smallest absolute Gasteiger partial charge is 0.253 e. The van der Waals surface area contributed by atoms with Crippen molar-refractivity contribution in [2.24, 2.45) is 0 Å². The molecule has 28 heavy (non-hydrogen) atoms. The van der Waals surface area contributed by atoms with E-state index in [1.165, 1.54) is 18.2 Å². The Hall–Kier alpha value is -2.09. The number of benzene rings is 2. The highest BCUT2D eigenvalue weighted by Gasteiger charge is 2.21. The molecule has 0 saturated carbocycles. The first kappa shape index (κ1) is 22.2. The van der Waals surface area contributed by atoms with E-state index in [4.69, 9.17) is 16.3 Å². The normalized spacial score (nSPS) is 12.7. The zero-order chi connectivity index (χ0) is 21.1. The number of aryl methyl sites for hydroxylation is 1. The van der Waals surface area contributed by atoms with Crippen LogP contribution in [0.3, 0.4) is 0 Å². The standard InChI is InChI=1S/C20H25ClN2O4S/c1-12(2)23-28(25,26)15-7-8-18(21)17(11-15)20(24)22-14(4)16-10-13(3)6-9-19(16)27-5/h6-12,14,23H,1-5H3,(H,22,24)/t14-/m0/s1. The molecule has 2 aromatic rings. The van der Waals surface area contributed by atoms with Crippen molar-refractivity contribution in [3.05, 3.63) is 58.1 Å². The van der Waals surface area contributed by atoms with Crippen LogP contribution in [0.1, 0.15) is 48.3 Å². The maximum absolute atomic E-state index is 12.8. The van der Waals surface area contributed by atoms with Crippen LogP contribution in [0.5, 0.6) is 5.75 Å². The predicted molar refractivity (Wildman–Crippen MR) is 111 cm³/mol. The molecule has 8 heteroatoms. The minimum absolute atomic E-state index is 0.0171. The Morgan fingerprint density at radius 3 is 2.39 bits per heavy atom. The molecule has 0 aromatic heterocycles. The lowest BCUT2D eigenvalue weighted by Crippen LogP contribution is -2.31. The predicted octanol–water partition coefficient (Wildman–Crippen LogP) is 3.83. The van der Waals surface area contributed by atoms with Crippen molar-refractivity contribution in [1.29, 1.82) is 0 Å². The third-order valence-electron chi connectivity index (χ3n) is 4.08. The van der Waals surface area contributed by atoms with E-state index in [2.05, 4.69) is 10.0 Å². The minimum atomic E-state index is -3.74. The van der Waals surface area contributed by atoms with Crippen LogP contribution in [0.2, 0.25) is 5.02 Å². The number of carbonyl (C=O) groups excluding carboxylic acids is 1. The van der Waals surface area contributed by atoms with Gasteiger partial charge in [-0.2, -0.15) is 0 Å². The quantitative estimate of drug-likeness (QED) is 0.707. The molecule has 0 spiro atoms. The lowest BCUT2D eigenvalue weighted by molar-refractivity contribution is 0.0939. The Kier molecular flexibility index (Phi) is 7.09. The molecule has 0 radical (unpaired) electrons. The van der Waals surface area contributed by atoms with Crippen molar-refractivity contribution in [3.8, 4) is 5.75 Å². The van der Waals surface area contributed by atoms with Crippen molar-refractivity contribution in [2.45, 2.75) is 44.7 Å². The minimum Gasteiger partial charge on any atom is -0.496 e. The molecule has 0 aliphatic heterocycles. The third kappa shape index (κ3) is 5.25. The van der Waals surface area contributed by atoms with Crippen molar-refractivity contribution in [1.82, 2.24) is 10.0 Å². The van der Waals surface area contributed by atoms with E-state index in [9.17, 15) is 13.2 Å². The van der Waals surface area contributed by atoms with Gasteiger partial charge in [0, 0.05) is 11.6 Å². The van der Waals surface area contributed by atoms with Gasteiger partial charge in [0.15, 0.2) is 0 Å². The van der Waals surface area contributed by atoms with Gasteiger partial charge in [0.25, 0.3) is 5.91 Å². The number of sulfonamides is 1. The summed E-state index contributed by atoms with van der Waals surface area (Å²) in [7, 11) is -2.17. The molecule has 0 bridgehead atoms. The first-order chi connectivity index (χ1) is 13.0. The number of amides is 1. The van der Waals surface area contributed by atoms with Gasteiger partial charge in [0.1, 0.15) is 5.75 Å². The van der Waals surface area contributed by atoms with Crippen LogP contribution in [0.15, 0.2) is 41.3 Å². The summed E-state index contributed by atoms with van der Waals surface area (Å²) in [5.41, 5.74) is 1.94. The molecule has 0 aliphatic carbocycles. The fraction of sp³-hybridized carbons (Fsp3) is 0.350. The van der Waals surface area contributed by atoms with Gasteiger partial charge in [-0.1, -0.05) is 29.3 Å². The second kappa shape index (κ2) is 8.94. The number of carbonyl (C=O) groups is 1. The molecule has 152 valence electrons. The van der Waals surface area contributed by atoms with E-state index >= 15 is 0 Å². The number of rotatable bonds is 7. The maximum atomic E-state index is 12.8. The van der Waals surface area contributed by atoms with Crippen LogP contribution in [-0.4, -0.2) is 27.5 Å². The van der Waals surface area contributed by atoms with Crippen LogP contribution >= 0.6 is 11.6 Å². The molecule has 0 fully saturated rings. The highest BCUT2D eigenvalue weighted by molar-refractivity contribution is 7.89. The molecule has 0 saturated heterocycles. The number of ether oxygens (including phenoxy) is 1. The molecule has 6 nitrogen and oxygen atoms in total. The maximum Gasteiger partial charge on any atom is 0.253 e. The largest absolute Gasteiger partial charge is 0.496 e. The Morgan fingerprint density at radius 2 is 1.79 bits per heavy atom. The molecule has 2 rings (SSSR count). The Balaban J connectivity index is 2.32. The molecule has 0 heterocycles. The van der Waals surface area contributed by atoms with Gasteiger partial charge < -0.3 is 10.1 Å². The highest BCUT2D eigenvalue weighted by atomic mass is 35.5. The van der Waals surface area contributed by atoms with Crippen molar-refractivity contribution in [3.63, 3.8) is 0 Å². The van der Waals surface area contributed by atoms with Crippen LogP contribution < -0.4 is 14.8 Å². The van der Waals surface area contributed by atoms with Crippen LogP contribution in [-0.2, 0) is 10.0 Å². The molecule has 2 N–H and O–H groups in total. The zero-order valence-electron chi connectivity index (χ0n) is 16.5. The molecule has 2 aromatic carbocycles. The van der Waals surface area contributed by atoms with E-state index in [0.717, 1.165) is 11.1 Å². The van der Waals surface area contributed by atoms with Gasteiger partial charge in [-0.05, 0) is 52.0 Å². The molecule has 1 atom stereocenters. The Bertz CT molecular complexity index is 974. The summed E-state index contributed by atoms with van der Waals surface area (Å²) >= 11 is 6.16. The summed E-state index contributed by atoms with van der Waals surface area (Å²) in [4.78, 5) is 12.8. The number of nitrogens with one attached hydrogen (secondary N) is 2. The van der Waals surface area contributed by atoms with Crippen molar-refractivity contribution < 1.29 is 17.9 Å². The summed E-state index contributed by atoms with van der Waals surface area (Å²) in [6.07, 6.45) is 0. The van der Waals surface area contributed by atoms with E-state index < -0.39 is 15.9 Å². The van der Waals surface area contributed by atoms with Gasteiger partial charge in [-0.15, -0.1) is 0 Å². The SMILES string of the molecule is COc1ccc(C)cc1[C@H](C)NC(=O)c1cc(S(=O)(=O)NC(C)C)ccc1Cl. The monoisotopic (exact) mass is 424 g/mol. The molecule has 1 amide bonds. The number of hydrogen-bond acceptors (Lipinski definition) is 4. The number of halogens is 1. The lowest BCUT2D eigenvalue weighted by atomic mass is 10.0. The number of hydrogen-bond donors (Lipinski definition) is 2.